The van der Waals surface area contributed by atoms with Crippen molar-refractivity contribution in [2.75, 3.05) is 13.1 Å². The van der Waals surface area contributed by atoms with E-state index in [9.17, 15) is 0 Å². The summed E-state index contributed by atoms with van der Waals surface area (Å²) in [6.07, 6.45) is 14.8. The number of rotatable bonds is 2. The molecule has 1 saturated heterocycles. The Bertz CT molecular complexity index is 275. The molecule has 19 heavy (non-hydrogen) atoms. The van der Waals surface area contributed by atoms with Gasteiger partial charge in [-0.05, 0) is 32.1 Å². The molecule has 0 unspecified atom stereocenters. The van der Waals surface area contributed by atoms with E-state index in [-0.39, 0.29) is 0 Å². The van der Waals surface area contributed by atoms with Crippen molar-refractivity contribution in [3.8, 4) is 0 Å². The van der Waals surface area contributed by atoms with Crippen LogP contribution in [0.15, 0.2) is 0 Å². The molecular formula is C16H29N3. The molecule has 1 heterocycles. The van der Waals surface area contributed by atoms with E-state index in [1.54, 1.807) is 0 Å². The number of hydrogen-bond acceptors (Lipinski definition) is 1. The van der Waals surface area contributed by atoms with Crippen LogP contribution in [-0.2, 0) is 0 Å². The summed E-state index contributed by atoms with van der Waals surface area (Å²) in [6, 6.07) is 1.35. The molecule has 3 rings (SSSR count). The molecule has 0 atom stereocenters. The van der Waals surface area contributed by atoms with Crippen LogP contribution in [0.2, 0.25) is 0 Å². The monoisotopic (exact) mass is 263 g/mol. The maximum absolute atomic E-state index is 8.63. The van der Waals surface area contributed by atoms with Gasteiger partial charge in [-0.2, -0.15) is 0 Å². The van der Waals surface area contributed by atoms with Gasteiger partial charge < -0.3 is 9.80 Å². The van der Waals surface area contributed by atoms with E-state index in [1.807, 2.05) is 0 Å². The predicted molar refractivity (Wildman–Crippen MR) is 79.5 cm³/mol. The first-order chi connectivity index (χ1) is 9.36. The van der Waals surface area contributed by atoms with E-state index in [1.165, 1.54) is 70.6 Å². The highest BCUT2D eigenvalue weighted by Gasteiger charge is 2.32. The first kappa shape index (κ1) is 13.3. The Hall–Kier alpha value is -0.730. The summed E-state index contributed by atoms with van der Waals surface area (Å²) < 4.78 is 0. The van der Waals surface area contributed by atoms with Crippen molar-refractivity contribution in [1.29, 1.82) is 5.41 Å². The normalized spacial score (nSPS) is 27.9. The standard InChI is InChI=1S/C16H29N3/c17-16-18(14-8-3-1-4-9-14)12-7-13-19(16)15-10-5-2-6-11-15/h14-15,17H,1-13H2. The number of nitrogens with zero attached hydrogens (tertiary/aromatic N) is 2. The number of nitrogens with one attached hydrogen (secondary N) is 1. The van der Waals surface area contributed by atoms with E-state index in [0.717, 1.165) is 19.0 Å². The van der Waals surface area contributed by atoms with Gasteiger partial charge in [0.1, 0.15) is 0 Å². The van der Waals surface area contributed by atoms with Crippen molar-refractivity contribution < 1.29 is 0 Å². The highest BCUT2D eigenvalue weighted by molar-refractivity contribution is 5.78. The van der Waals surface area contributed by atoms with Crippen LogP contribution in [-0.4, -0.2) is 40.9 Å². The van der Waals surface area contributed by atoms with Crippen molar-refractivity contribution >= 4 is 5.96 Å². The molecule has 0 radical (unpaired) electrons. The fourth-order valence-corrected chi connectivity index (χ4v) is 4.28. The van der Waals surface area contributed by atoms with Crippen LogP contribution in [0.4, 0.5) is 0 Å². The molecular weight excluding hydrogens is 234 g/mol. The van der Waals surface area contributed by atoms with Crippen LogP contribution < -0.4 is 0 Å². The Kier molecular flexibility index (Phi) is 4.29. The summed E-state index contributed by atoms with van der Waals surface area (Å²) in [7, 11) is 0. The SMILES string of the molecule is N=C1N(C2CCCCC2)CCCN1C1CCCCC1. The van der Waals surface area contributed by atoms with Crippen molar-refractivity contribution in [3.63, 3.8) is 0 Å². The van der Waals surface area contributed by atoms with Gasteiger partial charge in [0.15, 0.2) is 5.96 Å². The fraction of sp³-hybridized carbons (Fsp3) is 0.938. The van der Waals surface area contributed by atoms with Gasteiger partial charge in [-0.1, -0.05) is 38.5 Å². The number of guanidine groups is 1. The lowest BCUT2D eigenvalue weighted by molar-refractivity contribution is 0.137. The minimum Gasteiger partial charge on any atom is -0.340 e. The quantitative estimate of drug-likeness (QED) is 0.825. The van der Waals surface area contributed by atoms with Crippen LogP contribution in [0.3, 0.4) is 0 Å². The molecule has 1 aliphatic heterocycles. The lowest BCUT2D eigenvalue weighted by atomic mass is 9.92. The zero-order chi connectivity index (χ0) is 13.1. The summed E-state index contributed by atoms with van der Waals surface area (Å²) in [4.78, 5) is 4.88. The molecule has 0 aromatic heterocycles. The maximum atomic E-state index is 8.63. The summed E-state index contributed by atoms with van der Waals surface area (Å²) in [5.41, 5.74) is 0. The van der Waals surface area contributed by atoms with Gasteiger partial charge in [-0.15, -0.1) is 0 Å². The fourth-order valence-electron chi connectivity index (χ4n) is 4.28. The molecule has 1 N–H and O–H groups in total. The third kappa shape index (κ3) is 2.90. The van der Waals surface area contributed by atoms with Gasteiger partial charge in [0.05, 0.1) is 0 Å². The average molecular weight is 263 g/mol. The zero-order valence-electron chi connectivity index (χ0n) is 12.2. The molecule has 3 heteroatoms. The summed E-state index contributed by atoms with van der Waals surface area (Å²) in [6.45, 7) is 2.26. The Morgan fingerprint density at radius 2 is 1.05 bits per heavy atom. The second-order valence-electron chi connectivity index (χ2n) is 6.65. The van der Waals surface area contributed by atoms with E-state index in [2.05, 4.69) is 9.80 Å². The third-order valence-electron chi connectivity index (χ3n) is 5.37. The zero-order valence-corrected chi connectivity index (χ0v) is 12.2. The summed E-state index contributed by atoms with van der Waals surface area (Å²) in [5, 5.41) is 8.63. The Morgan fingerprint density at radius 3 is 1.47 bits per heavy atom. The third-order valence-corrected chi connectivity index (χ3v) is 5.37. The predicted octanol–water partition coefficient (Wildman–Crippen LogP) is 3.59. The molecule has 3 fully saturated rings. The van der Waals surface area contributed by atoms with Gasteiger partial charge in [-0.3, -0.25) is 5.41 Å². The van der Waals surface area contributed by atoms with Crippen molar-refractivity contribution in [1.82, 2.24) is 9.80 Å². The van der Waals surface area contributed by atoms with Crippen molar-refractivity contribution in [2.24, 2.45) is 0 Å². The smallest absolute Gasteiger partial charge is 0.194 e. The molecule has 0 bridgehead atoms. The lowest BCUT2D eigenvalue weighted by Crippen LogP contribution is -2.57. The van der Waals surface area contributed by atoms with E-state index in [4.69, 9.17) is 5.41 Å². The van der Waals surface area contributed by atoms with Crippen LogP contribution in [0.25, 0.3) is 0 Å². The molecule has 0 spiro atoms. The van der Waals surface area contributed by atoms with E-state index in [0.29, 0.717) is 12.1 Å². The van der Waals surface area contributed by atoms with Crippen LogP contribution >= 0.6 is 0 Å². The van der Waals surface area contributed by atoms with Gasteiger partial charge >= 0.3 is 0 Å². The van der Waals surface area contributed by atoms with Gasteiger partial charge in [0.25, 0.3) is 0 Å². The second-order valence-corrected chi connectivity index (χ2v) is 6.65. The molecule has 0 amide bonds. The Morgan fingerprint density at radius 1 is 0.632 bits per heavy atom. The summed E-state index contributed by atoms with van der Waals surface area (Å²) in [5.74, 6) is 0.866. The minimum absolute atomic E-state index is 0.674. The molecule has 0 aromatic carbocycles. The van der Waals surface area contributed by atoms with E-state index >= 15 is 0 Å². The largest absolute Gasteiger partial charge is 0.340 e. The average Bonchev–Trinajstić information content (AvgIpc) is 2.49. The first-order valence-corrected chi connectivity index (χ1v) is 8.48. The Balaban J connectivity index is 1.64. The number of hydrogen-bond donors (Lipinski definition) is 1. The molecule has 3 nitrogen and oxygen atoms in total. The molecule has 0 aromatic rings. The lowest BCUT2D eigenvalue weighted by Gasteiger charge is -2.47. The second kappa shape index (κ2) is 6.15. The molecule has 108 valence electrons. The highest BCUT2D eigenvalue weighted by atomic mass is 15.4. The minimum atomic E-state index is 0.674. The van der Waals surface area contributed by atoms with Crippen molar-refractivity contribution in [3.05, 3.63) is 0 Å². The first-order valence-electron chi connectivity index (χ1n) is 8.48. The van der Waals surface area contributed by atoms with Crippen LogP contribution in [0, 0.1) is 5.41 Å². The van der Waals surface area contributed by atoms with Gasteiger partial charge in [-0.25, -0.2) is 0 Å². The van der Waals surface area contributed by atoms with Crippen molar-refractivity contribution in [2.45, 2.75) is 82.7 Å². The topological polar surface area (TPSA) is 30.3 Å². The Labute approximate surface area is 117 Å². The highest BCUT2D eigenvalue weighted by Crippen LogP contribution is 2.29. The molecule has 2 saturated carbocycles. The molecule has 3 aliphatic rings. The van der Waals surface area contributed by atoms with Gasteiger partial charge in [0, 0.05) is 25.2 Å². The summed E-state index contributed by atoms with van der Waals surface area (Å²) >= 11 is 0. The maximum Gasteiger partial charge on any atom is 0.194 e. The van der Waals surface area contributed by atoms with Gasteiger partial charge in [0.2, 0.25) is 0 Å². The van der Waals surface area contributed by atoms with Crippen LogP contribution in [0.1, 0.15) is 70.6 Å². The van der Waals surface area contributed by atoms with E-state index < -0.39 is 0 Å². The molecule has 2 aliphatic carbocycles. The van der Waals surface area contributed by atoms with Crippen LogP contribution in [0.5, 0.6) is 0 Å².